The van der Waals surface area contributed by atoms with Gasteiger partial charge in [-0.05, 0) is 23.8 Å². The summed E-state index contributed by atoms with van der Waals surface area (Å²) in [6.45, 7) is 0.126. The number of nitrogen functional groups attached to an aromatic ring is 1. The molecule has 0 unspecified atom stereocenters. The molecule has 0 bridgehead atoms. The number of nitrogens with zero attached hydrogens (tertiary/aromatic N) is 2. The van der Waals surface area contributed by atoms with E-state index in [0.717, 1.165) is 6.26 Å². The van der Waals surface area contributed by atoms with Crippen molar-refractivity contribution < 1.29 is 8.42 Å². The number of pyridine rings is 1. The molecular formula is C18H15N3O3S. The fourth-order valence-electron chi connectivity index (χ4n) is 2.72. The summed E-state index contributed by atoms with van der Waals surface area (Å²) in [5.74, 6) is 0. The Morgan fingerprint density at radius 2 is 1.68 bits per heavy atom. The molecule has 0 fully saturated rings. The Bertz CT molecular complexity index is 1170. The van der Waals surface area contributed by atoms with Gasteiger partial charge in [-0.15, -0.1) is 0 Å². The van der Waals surface area contributed by atoms with Crippen LogP contribution in [0.25, 0.3) is 10.8 Å². The zero-order valence-corrected chi connectivity index (χ0v) is 14.2. The molecule has 7 heteroatoms. The van der Waals surface area contributed by atoms with Crippen molar-refractivity contribution in [2.45, 2.75) is 11.4 Å². The molecule has 2 N–H and O–H groups in total. The maximum absolute atomic E-state index is 12.8. The Kier molecular flexibility index (Phi) is 4.07. The van der Waals surface area contributed by atoms with Crippen molar-refractivity contribution >= 4 is 26.3 Å². The Balaban J connectivity index is 2.15. The monoisotopic (exact) mass is 353 g/mol. The number of fused-ring (bicyclic) bond motifs is 1. The standard InChI is InChI=1S/C18H15N3O3S/c1-25(23,24)13-8-6-12(7-9-13)11-21-16(10-19)17(20)14-4-2-3-5-15(14)18(21)22/h2-9H,11,20H2,1H3. The molecule has 0 aliphatic carbocycles. The van der Waals surface area contributed by atoms with Gasteiger partial charge in [-0.1, -0.05) is 30.3 Å². The first-order valence-corrected chi connectivity index (χ1v) is 9.32. The van der Waals surface area contributed by atoms with Crippen molar-refractivity contribution in [2.75, 3.05) is 12.0 Å². The quantitative estimate of drug-likeness (QED) is 0.774. The molecule has 0 amide bonds. The second-order valence-electron chi connectivity index (χ2n) is 5.73. The van der Waals surface area contributed by atoms with Crippen molar-refractivity contribution in [3.63, 3.8) is 0 Å². The van der Waals surface area contributed by atoms with E-state index in [9.17, 15) is 18.5 Å². The molecule has 0 radical (unpaired) electrons. The summed E-state index contributed by atoms with van der Waals surface area (Å²) in [5.41, 5.74) is 6.80. The normalized spacial score (nSPS) is 11.4. The number of rotatable bonds is 3. The molecule has 2 aromatic carbocycles. The van der Waals surface area contributed by atoms with E-state index >= 15 is 0 Å². The Morgan fingerprint density at radius 1 is 1.08 bits per heavy atom. The Morgan fingerprint density at radius 3 is 2.24 bits per heavy atom. The van der Waals surface area contributed by atoms with Gasteiger partial charge in [0.1, 0.15) is 11.8 Å². The number of aromatic nitrogens is 1. The third kappa shape index (κ3) is 2.99. The van der Waals surface area contributed by atoms with Crippen molar-refractivity contribution in [1.29, 1.82) is 5.26 Å². The van der Waals surface area contributed by atoms with Crippen molar-refractivity contribution in [1.82, 2.24) is 4.57 Å². The van der Waals surface area contributed by atoms with Gasteiger partial charge in [-0.3, -0.25) is 9.36 Å². The van der Waals surface area contributed by atoms with Gasteiger partial charge in [-0.2, -0.15) is 5.26 Å². The molecule has 25 heavy (non-hydrogen) atoms. The van der Waals surface area contributed by atoms with Crippen LogP contribution < -0.4 is 11.3 Å². The number of nitrogens with two attached hydrogens (primary N) is 1. The summed E-state index contributed by atoms with van der Waals surface area (Å²) in [6, 6.07) is 15.1. The van der Waals surface area contributed by atoms with Crippen LogP contribution in [-0.2, 0) is 16.4 Å². The number of hydrogen-bond acceptors (Lipinski definition) is 5. The van der Waals surface area contributed by atoms with Gasteiger partial charge >= 0.3 is 0 Å². The van der Waals surface area contributed by atoms with E-state index in [1.54, 1.807) is 36.4 Å². The minimum Gasteiger partial charge on any atom is -0.396 e. The van der Waals surface area contributed by atoms with E-state index in [4.69, 9.17) is 5.73 Å². The minimum absolute atomic E-state index is 0.0934. The van der Waals surface area contributed by atoms with E-state index in [1.807, 2.05) is 6.07 Å². The molecule has 3 rings (SSSR count). The van der Waals surface area contributed by atoms with Crippen LogP contribution in [0, 0.1) is 11.3 Å². The summed E-state index contributed by atoms with van der Waals surface area (Å²) in [5, 5.41) is 10.4. The predicted octanol–water partition coefficient (Wildman–Crippen LogP) is 1.91. The van der Waals surface area contributed by atoms with Crippen LogP contribution in [0.4, 0.5) is 5.69 Å². The molecule has 126 valence electrons. The van der Waals surface area contributed by atoms with Gasteiger partial charge < -0.3 is 5.73 Å². The summed E-state index contributed by atoms with van der Waals surface area (Å²) < 4.78 is 24.4. The van der Waals surface area contributed by atoms with Crippen LogP contribution in [0.5, 0.6) is 0 Å². The van der Waals surface area contributed by atoms with Crippen LogP contribution >= 0.6 is 0 Å². The van der Waals surface area contributed by atoms with Crippen molar-refractivity contribution in [3.8, 4) is 6.07 Å². The molecular weight excluding hydrogens is 338 g/mol. The Hall–Kier alpha value is -3.11. The van der Waals surface area contributed by atoms with Crippen molar-refractivity contribution in [2.24, 2.45) is 0 Å². The largest absolute Gasteiger partial charge is 0.396 e. The number of sulfone groups is 1. The lowest BCUT2D eigenvalue weighted by atomic mass is 10.1. The van der Waals surface area contributed by atoms with E-state index in [-0.39, 0.29) is 28.4 Å². The average molecular weight is 353 g/mol. The Labute approximate surface area is 144 Å². The van der Waals surface area contributed by atoms with E-state index in [1.165, 1.54) is 16.7 Å². The summed E-state index contributed by atoms with van der Waals surface area (Å²) in [6.07, 6.45) is 1.13. The van der Waals surface area contributed by atoms with Gasteiger partial charge in [0.25, 0.3) is 5.56 Å². The van der Waals surface area contributed by atoms with Crippen LogP contribution in [0.15, 0.2) is 58.2 Å². The first-order chi connectivity index (χ1) is 11.8. The zero-order valence-electron chi connectivity index (χ0n) is 13.4. The molecule has 6 nitrogen and oxygen atoms in total. The van der Waals surface area contributed by atoms with E-state index in [0.29, 0.717) is 16.3 Å². The third-order valence-corrected chi connectivity index (χ3v) is 5.14. The fraction of sp³-hybridized carbons (Fsp3) is 0.111. The molecule has 0 aliphatic rings. The van der Waals surface area contributed by atoms with E-state index in [2.05, 4.69) is 0 Å². The van der Waals surface area contributed by atoms with Crippen LogP contribution in [0.3, 0.4) is 0 Å². The maximum Gasteiger partial charge on any atom is 0.259 e. The highest BCUT2D eigenvalue weighted by Gasteiger charge is 2.15. The van der Waals surface area contributed by atoms with Gasteiger partial charge in [0.15, 0.2) is 9.84 Å². The molecule has 3 aromatic rings. The molecule has 0 aliphatic heterocycles. The zero-order chi connectivity index (χ0) is 18.2. The predicted molar refractivity (Wildman–Crippen MR) is 96.0 cm³/mol. The van der Waals surface area contributed by atoms with Gasteiger partial charge in [0, 0.05) is 17.0 Å². The van der Waals surface area contributed by atoms with E-state index < -0.39 is 9.84 Å². The lowest BCUT2D eigenvalue weighted by Crippen LogP contribution is -2.25. The van der Waals surface area contributed by atoms with Crippen LogP contribution in [-0.4, -0.2) is 19.2 Å². The average Bonchev–Trinajstić information content (AvgIpc) is 2.59. The SMILES string of the molecule is CS(=O)(=O)c1ccc(Cn2c(C#N)c(N)c3ccccc3c2=O)cc1. The molecule has 0 saturated heterocycles. The lowest BCUT2D eigenvalue weighted by molar-refractivity contribution is 0.602. The second kappa shape index (κ2) is 6.07. The number of anilines is 1. The molecule has 1 aromatic heterocycles. The van der Waals surface area contributed by atoms with Gasteiger partial charge in [0.05, 0.1) is 17.1 Å². The smallest absolute Gasteiger partial charge is 0.259 e. The third-order valence-electron chi connectivity index (χ3n) is 4.02. The van der Waals surface area contributed by atoms with Crippen molar-refractivity contribution in [3.05, 3.63) is 70.1 Å². The molecule has 0 atom stereocenters. The topological polar surface area (TPSA) is 106 Å². The highest BCUT2D eigenvalue weighted by molar-refractivity contribution is 7.90. The molecule has 0 spiro atoms. The summed E-state index contributed by atoms with van der Waals surface area (Å²) >= 11 is 0. The number of nitriles is 1. The first-order valence-electron chi connectivity index (χ1n) is 7.43. The summed E-state index contributed by atoms with van der Waals surface area (Å²) in [7, 11) is -3.29. The van der Waals surface area contributed by atoms with Gasteiger partial charge in [0.2, 0.25) is 0 Å². The fourth-order valence-corrected chi connectivity index (χ4v) is 3.35. The molecule has 0 saturated carbocycles. The highest BCUT2D eigenvalue weighted by atomic mass is 32.2. The number of benzene rings is 2. The van der Waals surface area contributed by atoms with Gasteiger partial charge in [-0.25, -0.2) is 8.42 Å². The maximum atomic E-state index is 12.8. The second-order valence-corrected chi connectivity index (χ2v) is 7.74. The van der Waals surface area contributed by atoms with Crippen LogP contribution in [0.2, 0.25) is 0 Å². The first kappa shape index (κ1) is 16.7. The molecule has 1 heterocycles. The van der Waals surface area contributed by atoms with Crippen LogP contribution in [0.1, 0.15) is 11.3 Å². The lowest BCUT2D eigenvalue weighted by Gasteiger charge is -2.13. The summed E-state index contributed by atoms with van der Waals surface area (Å²) in [4.78, 5) is 12.9. The highest BCUT2D eigenvalue weighted by Crippen LogP contribution is 2.22. The minimum atomic E-state index is -3.29. The number of hydrogen-bond donors (Lipinski definition) is 1.